The van der Waals surface area contributed by atoms with Gasteiger partial charge in [0, 0.05) is 28.9 Å². The summed E-state index contributed by atoms with van der Waals surface area (Å²) in [5.41, 5.74) is 0. The molecule has 0 heterocycles. The Balaban J connectivity index is 1.68. The van der Waals surface area contributed by atoms with Crippen molar-refractivity contribution in [3.63, 3.8) is 0 Å². The molecule has 2 N–H and O–H groups in total. The van der Waals surface area contributed by atoms with Gasteiger partial charge >= 0.3 is 0 Å². The van der Waals surface area contributed by atoms with Crippen molar-refractivity contribution in [2.45, 2.75) is 101 Å². The number of fused-ring (bicyclic) bond motifs is 1. The van der Waals surface area contributed by atoms with Crippen LogP contribution in [0.2, 0.25) is 0 Å². The zero-order valence-corrected chi connectivity index (χ0v) is 28.7. The molecule has 0 aliphatic heterocycles. The fourth-order valence-electron chi connectivity index (χ4n) is 5.25. The lowest BCUT2D eigenvalue weighted by Crippen LogP contribution is -2.25. The molecule has 0 aromatic heterocycles. The maximum absolute atomic E-state index is 10.8. The van der Waals surface area contributed by atoms with Crippen molar-refractivity contribution in [1.82, 2.24) is 0 Å². The highest BCUT2D eigenvalue weighted by Crippen LogP contribution is 2.42. The molecule has 250 valence electrons. The summed E-state index contributed by atoms with van der Waals surface area (Å²) < 4.78 is 24.2. The molecule has 0 aliphatic carbocycles. The van der Waals surface area contributed by atoms with Crippen LogP contribution in [-0.4, -0.2) is 62.1 Å². The average Bonchev–Trinajstić information content (AvgIpc) is 3.06. The van der Waals surface area contributed by atoms with Crippen molar-refractivity contribution in [1.29, 1.82) is 0 Å². The van der Waals surface area contributed by atoms with Crippen LogP contribution in [0.4, 0.5) is 0 Å². The molecule has 0 saturated carbocycles. The van der Waals surface area contributed by atoms with E-state index in [1.165, 1.54) is 25.7 Å². The molecule has 0 amide bonds. The van der Waals surface area contributed by atoms with Crippen LogP contribution in [0, 0.1) is 11.8 Å². The van der Waals surface area contributed by atoms with E-state index in [0.29, 0.717) is 36.5 Å². The minimum Gasteiger partial charge on any atom is -0.490 e. The lowest BCUT2D eigenvalue weighted by Gasteiger charge is -2.20. The fourth-order valence-corrected chi connectivity index (χ4v) is 6.20. The van der Waals surface area contributed by atoms with E-state index in [4.69, 9.17) is 18.9 Å². The molecule has 4 atom stereocenters. The summed E-state index contributed by atoms with van der Waals surface area (Å²) >= 11 is 1.62. The van der Waals surface area contributed by atoms with Gasteiger partial charge in [0.15, 0.2) is 0 Å². The van der Waals surface area contributed by atoms with Gasteiger partial charge in [-0.1, -0.05) is 108 Å². The van der Waals surface area contributed by atoms with Crippen molar-refractivity contribution >= 4 is 22.5 Å². The van der Waals surface area contributed by atoms with Gasteiger partial charge in [-0.3, -0.25) is 0 Å². The van der Waals surface area contributed by atoms with Gasteiger partial charge in [0.25, 0.3) is 0 Å². The van der Waals surface area contributed by atoms with Crippen LogP contribution < -0.4 is 9.47 Å². The fraction of sp³-hybridized carbons (Fsp3) is 0.579. The van der Waals surface area contributed by atoms with Gasteiger partial charge in [-0.05, 0) is 55.0 Å². The third kappa shape index (κ3) is 13.2. The molecule has 6 nitrogen and oxygen atoms in total. The van der Waals surface area contributed by atoms with Crippen molar-refractivity contribution in [3.05, 3.63) is 60.7 Å². The van der Waals surface area contributed by atoms with Crippen LogP contribution in [0.5, 0.6) is 11.5 Å². The summed E-state index contributed by atoms with van der Waals surface area (Å²) in [5.74, 6) is 2.42. The number of hydrogen-bond acceptors (Lipinski definition) is 7. The topological polar surface area (TPSA) is 77.4 Å². The molecule has 3 rings (SSSR count). The van der Waals surface area contributed by atoms with E-state index in [2.05, 4.69) is 39.8 Å². The molecule has 3 aromatic rings. The van der Waals surface area contributed by atoms with Crippen molar-refractivity contribution in [3.8, 4) is 11.5 Å². The maximum Gasteiger partial charge on any atom is 0.141 e. The summed E-state index contributed by atoms with van der Waals surface area (Å²) in [6.45, 7) is 10.9. The summed E-state index contributed by atoms with van der Waals surface area (Å²) in [5, 5.41) is 23.1. The normalized spacial score (nSPS) is 14.3. The molecule has 45 heavy (non-hydrogen) atoms. The molecule has 0 radical (unpaired) electrons. The summed E-state index contributed by atoms with van der Waals surface area (Å²) in [6.07, 6.45) is 7.78. The lowest BCUT2D eigenvalue weighted by molar-refractivity contribution is -0.00135. The minimum atomic E-state index is -0.748. The summed E-state index contributed by atoms with van der Waals surface area (Å²) in [4.78, 5) is 2.05. The quantitative estimate of drug-likeness (QED) is 0.101. The van der Waals surface area contributed by atoms with E-state index in [0.717, 1.165) is 46.2 Å². The number of aliphatic hydroxyl groups is 2. The lowest BCUT2D eigenvalue weighted by atomic mass is 10.0. The zero-order chi connectivity index (χ0) is 32.3. The van der Waals surface area contributed by atoms with Gasteiger partial charge in [-0.15, -0.1) is 0 Å². The predicted molar refractivity (Wildman–Crippen MR) is 186 cm³/mol. The first kappa shape index (κ1) is 37.2. The third-order valence-electron chi connectivity index (χ3n) is 8.17. The number of ether oxygens (including phenoxy) is 4. The monoisotopic (exact) mass is 640 g/mol. The van der Waals surface area contributed by atoms with Crippen LogP contribution in [0.1, 0.15) is 79.1 Å². The van der Waals surface area contributed by atoms with Crippen LogP contribution in [-0.2, 0) is 9.47 Å². The number of benzene rings is 3. The first-order chi connectivity index (χ1) is 22.0. The van der Waals surface area contributed by atoms with E-state index in [1.54, 1.807) is 11.8 Å². The Kier molecular flexibility index (Phi) is 17.8. The molecule has 0 saturated heterocycles. The minimum absolute atomic E-state index is 0.116. The van der Waals surface area contributed by atoms with Gasteiger partial charge in [0.2, 0.25) is 0 Å². The van der Waals surface area contributed by atoms with E-state index in [1.807, 2.05) is 48.5 Å². The Morgan fingerprint density at radius 3 is 1.78 bits per heavy atom. The Morgan fingerprint density at radius 1 is 0.600 bits per heavy atom. The highest BCUT2D eigenvalue weighted by molar-refractivity contribution is 7.99. The number of unbranched alkanes of at least 4 members (excludes halogenated alkanes) is 2. The number of hydrogen-bond donors (Lipinski definition) is 2. The summed E-state index contributed by atoms with van der Waals surface area (Å²) in [6, 6.07) is 20.1. The second kappa shape index (κ2) is 21.5. The standard InChI is InChI=1S/C38H56O6S/c1-5-9-15-29(7-3)23-41-25-31(39)27-43-36-20-14-19-35-34(36)21-22-37(45-33-17-12-11-13-18-33)38(35)44-28-32(40)26-42-24-30(8-4)16-10-6-2/h11-14,17-22,29-32,39-40H,5-10,15-16,23-28H2,1-4H3. The first-order valence-electron chi connectivity index (χ1n) is 17.0. The molecule has 0 aliphatic rings. The molecule has 4 unspecified atom stereocenters. The summed E-state index contributed by atoms with van der Waals surface area (Å²) in [7, 11) is 0. The van der Waals surface area contributed by atoms with Crippen LogP contribution in [0.15, 0.2) is 70.5 Å². The second-order valence-electron chi connectivity index (χ2n) is 12.0. The highest BCUT2D eigenvalue weighted by atomic mass is 32.2. The van der Waals surface area contributed by atoms with Crippen molar-refractivity contribution < 1.29 is 29.2 Å². The molecule has 7 heteroatoms. The molecule has 0 spiro atoms. The largest absolute Gasteiger partial charge is 0.490 e. The van der Waals surface area contributed by atoms with Gasteiger partial charge in [-0.25, -0.2) is 0 Å². The molecular formula is C38H56O6S. The molecule has 0 fully saturated rings. The van der Waals surface area contributed by atoms with Crippen LogP contribution in [0.3, 0.4) is 0 Å². The smallest absolute Gasteiger partial charge is 0.141 e. The van der Waals surface area contributed by atoms with E-state index in [9.17, 15) is 10.2 Å². The van der Waals surface area contributed by atoms with Crippen molar-refractivity contribution in [2.75, 3.05) is 39.6 Å². The first-order valence-corrected chi connectivity index (χ1v) is 17.9. The predicted octanol–water partition coefficient (Wildman–Crippen LogP) is 8.94. The van der Waals surface area contributed by atoms with Crippen molar-refractivity contribution in [2.24, 2.45) is 11.8 Å². The molecular weight excluding hydrogens is 584 g/mol. The average molecular weight is 641 g/mol. The van der Waals surface area contributed by atoms with E-state index >= 15 is 0 Å². The number of aliphatic hydroxyl groups excluding tert-OH is 2. The zero-order valence-electron chi connectivity index (χ0n) is 27.9. The van der Waals surface area contributed by atoms with Crippen LogP contribution in [0.25, 0.3) is 10.8 Å². The van der Waals surface area contributed by atoms with E-state index < -0.39 is 12.2 Å². The Hall–Kier alpha value is -2.29. The molecule has 0 bridgehead atoms. The van der Waals surface area contributed by atoms with Gasteiger partial charge < -0.3 is 29.2 Å². The van der Waals surface area contributed by atoms with E-state index in [-0.39, 0.29) is 26.4 Å². The van der Waals surface area contributed by atoms with Gasteiger partial charge in [-0.2, -0.15) is 0 Å². The molecule has 3 aromatic carbocycles. The third-order valence-corrected chi connectivity index (χ3v) is 9.22. The SMILES string of the molecule is CCCCC(CC)COCC(O)COc1cccc2c(OCC(O)COCC(CC)CCCC)c(Sc3ccccc3)ccc12. The Morgan fingerprint density at radius 2 is 1.20 bits per heavy atom. The Bertz CT molecular complexity index is 1210. The van der Waals surface area contributed by atoms with Gasteiger partial charge in [0.1, 0.15) is 36.9 Å². The maximum atomic E-state index is 10.8. The second-order valence-corrected chi connectivity index (χ2v) is 13.1. The Labute approximate surface area is 275 Å². The highest BCUT2D eigenvalue weighted by Gasteiger charge is 2.17. The van der Waals surface area contributed by atoms with Crippen LogP contribution >= 0.6 is 11.8 Å². The number of rotatable bonds is 24. The van der Waals surface area contributed by atoms with Gasteiger partial charge in [0.05, 0.1) is 18.1 Å².